The van der Waals surface area contributed by atoms with Gasteiger partial charge in [0.2, 0.25) is 5.91 Å². The molecule has 0 aromatic heterocycles. The normalized spacial score (nSPS) is 12.5. The van der Waals surface area contributed by atoms with Gasteiger partial charge in [0.05, 0.1) is 12.1 Å². The average Bonchev–Trinajstić information content (AvgIpc) is 2.36. The maximum atomic E-state index is 12.0. The molecule has 17 heavy (non-hydrogen) atoms. The number of rotatable bonds is 8. The Hall–Kier alpha value is -1.08. The maximum absolute atomic E-state index is 12.0. The largest absolute Gasteiger partial charge is 0.352 e. The summed E-state index contributed by atoms with van der Waals surface area (Å²) in [4.78, 5) is 14.0. The molecule has 0 aliphatic carbocycles. The van der Waals surface area contributed by atoms with Crippen LogP contribution in [0.1, 0.15) is 47.0 Å². The van der Waals surface area contributed by atoms with Gasteiger partial charge in [-0.3, -0.25) is 9.69 Å². The summed E-state index contributed by atoms with van der Waals surface area (Å²) in [6.07, 6.45) is 2.38. The van der Waals surface area contributed by atoms with Gasteiger partial charge in [0, 0.05) is 19.0 Å². The van der Waals surface area contributed by atoms with Gasteiger partial charge in [-0.25, -0.2) is 0 Å². The molecule has 4 heteroatoms. The number of carbonyl (C=O) groups is 1. The number of hydrogen-bond acceptors (Lipinski definition) is 3. The molecule has 0 bridgehead atoms. The van der Waals surface area contributed by atoms with Crippen LogP contribution in [-0.4, -0.2) is 36.0 Å². The van der Waals surface area contributed by atoms with Crippen molar-refractivity contribution in [3.05, 3.63) is 0 Å². The summed E-state index contributed by atoms with van der Waals surface area (Å²) >= 11 is 0. The van der Waals surface area contributed by atoms with Gasteiger partial charge >= 0.3 is 0 Å². The predicted octanol–water partition coefficient (Wildman–Crippen LogP) is 1.92. The van der Waals surface area contributed by atoms with Crippen LogP contribution in [0.3, 0.4) is 0 Å². The summed E-state index contributed by atoms with van der Waals surface area (Å²) in [6, 6.07) is 2.22. The van der Waals surface area contributed by atoms with Crippen molar-refractivity contribution >= 4 is 5.91 Å². The molecule has 1 atom stereocenters. The van der Waals surface area contributed by atoms with E-state index in [1.165, 1.54) is 0 Å². The van der Waals surface area contributed by atoms with Crippen LogP contribution in [-0.2, 0) is 4.79 Å². The Labute approximate surface area is 105 Å². The van der Waals surface area contributed by atoms with E-state index in [4.69, 9.17) is 5.26 Å². The first-order chi connectivity index (χ1) is 8.10. The zero-order valence-electron chi connectivity index (χ0n) is 11.5. The SMILES string of the molecule is CCC(CC)NC(=O)C(C)N(CC)CCC#N. The van der Waals surface area contributed by atoms with Crippen LogP contribution >= 0.6 is 0 Å². The molecule has 1 N–H and O–H groups in total. The second kappa shape index (κ2) is 9.00. The lowest BCUT2D eigenvalue weighted by atomic mass is 10.1. The lowest BCUT2D eigenvalue weighted by Crippen LogP contribution is -2.48. The highest BCUT2D eigenvalue weighted by Gasteiger charge is 2.21. The van der Waals surface area contributed by atoms with Crippen molar-refractivity contribution in [2.24, 2.45) is 0 Å². The lowest BCUT2D eigenvalue weighted by Gasteiger charge is -2.27. The second-order valence-corrected chi connectivity index (χ2v) is 4.23. The number of likely N-dealkylation sites (N-methyl/N-ethyl adjacent to an activating group) is 1. The number of nitrogens with zero attached hydrogens (tertiary/aromatic N) is 2. The van der Waals surface area contributed by atoms with Crippen LogP contribution in [0.25, 0.3) is 0 Å². The van der Waals surface area contributed by atoms with Gasteiger partial charge < -0.3 is 5.32 Å². The summed E-state index contributed by atoms with van der Waals surface area (Å²) in [5.74, 6) is 0.0680. The van der Waals surface area contributed by atoms with E-state index in [1.54, 1.807) is 0 Å². The van der Waals surface area contributed by atoms with E-state index in [0.717, 1.165) is 19.4 Å². The highest BCUT2D eigenvalue weighted by Crippen LogP contribution is 2.03. The van der Waals surface area contributed by atoms with Crippen molar-refractivity contribution in [3.63, 3.8) is 0 Å². The minimum absolute atomic E-state index is 0.0680. The third-order valence-corrected chi connectivity index (χ3v) is 3.18. The van der Waals surface area contributed by atoms with Crippen LogP contribution in [0.15, 0.2) is 0 Å². The summed E-state index contributed by atoms with van der Waals surface area (Å²) in [7, 11) is 0. The molecule has 4 nitrogen and oxygen atoms in total. The van der Waals surface area contributed by atoms with E-state index < -0.39 is 0 Å². The fourth-order valence-electron chi connectivity index (χ4n) is 1.80. The zero-order chi connectivity index (χ0) is 13.3. The van der Waals surface area contributed by atoms with E-state index in [1.807, 2.05) is 18.7 Å². The van der Waals surface area contributed by atoms with E-state index >= 15 is 0 Å². The predicted molar refractivity (Wildman–Crippen MR) is 69.5 cm³/mol. The Bertz CT molecular complexity index is 256. The van der Waals surface area contributed by atoms with E-state index in [0.29, 0.717) is 13.0 Å². The molecular weight excluding hydrogens is 214 g/mol. The fraction of sp³-hybridized carbons (Fsp3) is 0.846. The Morgan fingerprint density at radius 2 is 1.94 bits per heavy atom. The Morgan fingerprint density at radius 1 is 1.35 bits per heavy atom. The van der Waals surface area contributed by atoms with Gasteiger partial charge in [-0.15, -0.1) is 0 Å². The van der Waals surface area contributed by atoms with E-state index in [2.05, 4.69) is 25.2 Å². The molecule has 1 unspecified atom stereocenters. The molecule has 1 amide bonds. The first-order valence-corrected chi connectivity index (χ1v) is 6.51. The summed E-state index contributed by atoms with van der Waals surface area (Å²) in [5, 5.41) is 11.6. The number of hydrogen-bond donors (Lipinski definition) is 1. The van der Waals surface area contributed by atoms with Gasteiger partial charge in [-0.1, -0.05) is 20.8 Å². The summed E-state index contributed by atoms with van der Waals surface area (Å²) in [5.41, 5.74) is 0. The van der Waals surface area contributed by atoms with Crippen molar-refractivity contribution < 1.29 is 4.79 Å². The quantitative estimate of drug-likeness (QED) is 0.704. The number of carbonyl (C=O) groups excluding carboxylic acids is 1. The molecule has 0 saturated heterocycles. The number of amides is 1. The highest BCUT2D eigenvalue weighted by atomic mass is 16.2. The van der Waals surface area contributed by atoms with Gasteiger partial charge in [-0.05, 0) is 26.3 Å². The number of nitriles is 1. The molecule has 0 rings (SSSR count). The van der Waals surface area contributed by atoms with Gasteiger partial charge in [0.15, 0.2) is 0 Å². The summed E-state index contributed by atoms with van der Waals surface area (Å²) < 4.78 is 0. The third-order valence-electron chi connectivity index (χ3n) is 3.18. The van der Waals surface area contributed by atoms with Gasteiger partial charge in [0.25, 0.3) is 0 Å². The van der Waals surface area contributed by atoms with Gasteiger partial charge in [0.1, 0.15) is 0 Å². The van der Waals surface area contributed by atoms with Crippen LogP contribution in [0.4, 0.5) is 0 Å². The van der Waals surface area contributed by atoms with Crippen molar-refractivity contribution in [1.82, 2.24) is 10.2 Å². The standard InChI is InChI=1S/C13H25N3O/c1-5-12(6-2)15-13(17)11(4)16(7-3)10-8-9-14/h11-12H,5-8,10H2,1-4H3,(H,15,17). The smallest absolute Gasteiger partial charge is 0.237 e. The lowest BCUT2D eigenvalue weighted by molar-refractivity contribution is -0.126. The highest BCUT2D eigenvalue weighted by molar-refractivity contribution is 5.81. The summed E-state index contributed by atoms with van der Waals surface area (Å²) in [6.45, 7) is 9.51. The molecule has 0 radical (unpaired) electrons. The molecule has 0 fully saturated rings. The van der Waals surface area contributed by atoms with Crippen molar-refractivity contribution in [1.29, 1.82) is 5.26 Å². The molecule has 0 aliphatic heterocycles. The Morgan fingerprint density at radius 3 is 2.35 bits per heavy atom. The maximum Gasteiger partial charge on any atom is 0.237 e. The minimum atomic E-state index is -0.158. The van der Waals surface area contributed by atoms with Crippen LogP contribution < -0.4 is 5.32 Å². The Kier molecular flexibility index (Phi) is 8.43. The first kappa shape index (κ1) is 15.9. The van der Waals surface area contributed by atoms with Crippen LogP contribution in [0, 0.1) is 11.3 Å². The third kappa shape index (κ3) is 5.69. The average molecular weight is 239 g/mol. The van der Waals surface area contributed by atoms with Crippen molar-refractivity contribution in [2.75, 3.05) is 13.1 Å². The van der Waals surface area contributed by atoms with Crippen LogP contribution in [0.5, 0.6) is 0 Å². The molecular formula is C13H25N3O. The van der Waals surface area contributed by atoms with Crippen molar-refractivity contribution in [3.8, 4) is 6.07 Å². The first-order valence-electron chi connectivity index (χ1n) is 6.51. The molecule has 0 heterocycles. The second-order valence-electron chi connectivity index (χ2n) is 4.23. The minimum Gasteiger partial charge on any atom is -0.352 e. The Balaban J connectivity index is 4.30. The fourth-order valence-corrected chi connectivity index (χ4v) is 1.80. The molecule has 0 aromatic carbocycles. The molecule has 0 saturated carbocycles. The molecule has 0 aromatic rings. The molecule has 0 aliphatic rings. The van der Waals surface area contributed by atoms with Gasteiger partial charge in [-0.2, -0.15) is 5.26 Å². The van der Waals surface area contributed by atoms with Crippen LogP contribution in [0.2, 0.25) is 0 Å². The monoisotopic (exact) mass is 239 g/mol. The van der Waals surface area contributed by atoms with Crippen molar-refractivity contribution in [2.45, 2.75) is 59.0 Å². The van der Waals surface area contributed by atoms with E-state index in [9.17, 15) is 4.79 Å². The zero-order valence-corrected chi connectivity index (χ0v) is 11.5. The molecule has 0 spiro atoms. The molecule has 98 valence electrons. The number of nitrogens with one attached hydrogen (secondary N) is 1. The van der Waals surface area contributed by atoms with E-state index in [-0.39, 0.29) is 18.0 Å². The topological polar surface area (TPSA) is 56.1 Å².